The average molecular weight is 353 g/mol. The lowest BCUT2D eigenvalue weighted by Gasteiger charge is -2.56. The minimum absolute atomic E-state index is 0.0473. The number of amides is 3. The summed E-state index contributed by atoms with van der Waals surface area (Å²) in [5.74, 6) is -0.936. The number of esters is 1. The molecular formula is C17H27N3O5. The maximum absolute atomic E-state index is 13.1. The van der Waals surface area contributed by atoms with Crippen LogP contribution in [0.4, 0.5) is 4.79 Å². The molecule has 3 rings (SSSR count). The summed E-state index contributed by atoms with van der Waals surface area (Å²) in [6.07, 6.45) is 0.937. The lowest BCUT2D eigenvalue weighted by molar-refractivity contribution is -0.150. The average Bonchev–Trinajstić information content (AvgIpc) is 3.27. The maximum Gasteiger partial charge on any atom is 0.326 e. The summed E-state index contributed by atoms with van der Waals surface area (Å²) in [5, 5.41) is 2.86. The van der Waals surface area contributed by atoms with Crippen LogP contribution in [0.2, 0.25) is 0 Å². The van der Waals surface area contributed by atoms with E-state index in [1.54, 1.807) is 0 Å². The fourth-order valence-corrected chi connectivity index (χ4v) is 4.18. The van der Waals surface area contributed by atoms with Crippen molar-refractivity contribution in [3.8, 4) is 0 Å². The topological polar surface area (TPSA) is 91.5 Å². The summed E-state index contributed by atoms with van der Waals surface area (Å²) in [7, 11) is 2.03. The van der Waals surface area contributed by atoms with Gasteiger partial charge in [0.1, 0.15) is 24.8 Å². The van der Waals surface area contributed by atoms with Gasteiger partial charge in [0.15, 0.2) is 0 Å². The Hall–Kier alpha value is -1.67. The molecule has 1 N–H and O–H groups in total. The predicted molar refractivity (Wildman–Crippen MR) is 88.8 cm³/mol. The molecule has 0 aromatic heterocycles. The highest BCUT2D eigenvalue weighted by Crippen LogP contribution is 2.44. The number of imide groups is 1. The fourth-order valence-electron chi connectivity index (χ4n) is 4.18. The second-order valence-corrected chi connectivity index (χ2v) is 8.58. The van der Waals surface area contributed by atoms with Crippen LogP contribution in [0.25, 0.3) is 0 Å². The van der Waals surface area contributed by atoms with Crippen molar-refractivity contribution in [1.82, 2.24) is 15.1 Å². The Morgan fingerprint density at radius 3 is 2.32 bits per heavy atom. The first-order valence-electron chi connectivity index (χ1n) is 8.62. The second kappa shape index (κ2) is 5.67. The van der Waals surface area contributed by atoms with Crippen LogP contribution in [0, 0.1) is 0 Å². The van der Waals surface area contributed by atoms with E-state index in [0.717, 1.165) is 4.90 Å². The van der Waals surface area contributed by atoms with E-state index in [9.17, 15) is 14.4 Å². The number of nitrogens with one attached hydrogen (secondary N) is 1. The molecule has 3 amide bonds. The first kappa shape index (κ1) is 18.1. The van der Waals surface area contributed by atoms with Crippen molar-refractivity contribution in [3.05, 3.63) is 0 Å². The number of likely N-dealkylation sites (tertiary alicyclic amines) is 1. The summed E-state index contributed by atoms with van der Waals surface area (Å²) in [5.41, 5.74) is -1.52. The number of carbonyl (C=O) groups excluding carboxylic acids is 3. The van der Waals surface area contributed by atoms with Gasteiger partial charge in [0, 0.05) is 11.1 Å². The maximum atomic E-state index is 13.1. The Morgan fingerprint density at radius 1 is 1.24 bits per heavy atom. The Bertz CT molecular complexity index is 593. The van der Waals surface area contributed by atoms with Crippen LogP contribution in [-0.4, -0.2) is 77.2 Å². The zero-order valence-corrected chi connectivity index (χ0v) is 15.5. The molecule has 3 heterocycles. The SMILES string of the molecule is CN1C(C)(C)CC2(CC1(C)C)NC(=O)N(CC(=O)OCC1CO1)C2=O. The van der Waals surface area contributed by atoms with Gasteiger partial charge in [-0.2, -0.15) is 0 Å². The number of rotatable bonds is 4. The number of nitrogens with zero attached hydrogens (tertiary/aromatic N) is 2. The minimum Gasteiger partial charge on any atom is -0.461 e. The minimum atomic E-state index is -0.976. The third-order valence-corrected chi connectivity index (χ3v) is 5.65. The molecule has 1 spiro atoms. The quantitative estimate of drug-likeness (QED) is 0.450. The van der Waals surface area contributed by atoms with Gasteiger partial charge in [-0.25, -0.2) is 4.79 Å². The number of hydrogen-bond acceptors (Lipinski definition) is 6. The lowest BCUT2D eigenvalue weighted by Crippen LogP contribution is -2.68. The predicted octanol–water partition coefficient (Wildman–Crippen LogP) is 0.502. The fraction of sp³-hybridized carbons (Fsp3) is 0.824. The molecule has 3 fully saturated rings. The van der Waals surface area contributed by atoms with Crippen molar-refractivity contribution < 1.29 is 23.9 Å². The third kappa shape index (κ3) is 3.25. The summed E-state index contributed by atoms with van der Waals surface area (Å²) in [6, 6.07) is -0.527. The Kier molecular flexibility index (Phi) is 4.11. The molecule has 0 radical (unpaired) electrons. The third-order valence-electron chi connectivity index (χ3n) is 5.65. The molecule has 0 aromatic carbocycles. The number of piperidine rings is 1. The molecule has 0 aromatic rings. The van der Waals surface area contributed by atoms with Crippen LogP contribution in [0.15, 0.2) is 0 Å². The normalized spacial score (nSPS) is 29.6. The molecule has 0 saturated carbocycles. The molecule has 1 atom stereocenters. The van der Waals surface area contributed by atoms with Crippen LogP contribution in [0.3, 0.4) is 0 Å². The summed E-state index contributed by atoms with van der Waals surface area (Å²) >= 11 is 0. The van der Waals surface area contributed by atoms with Gasteiger partial charge >= 0.3 is 12.0 Å². The van der Waals surface area contributed by atoms with Crippen LogP contribution < -0.4 is 5.32 Å². The lowest BCUT2D eigenvalue weighted by atomic mass is 9.69. The van der Waals surface area contributed by atoms with Gasteiger partial charge in [-0.05, 0) is 47.6 Å². The van der Waals surface area contributed by atoms with Crippen molar-refractivity contribution in [3.63, 3.8) is 0 Å². The summed E-state index contributed by atoms with van der Waals surface area (Å²) in [6.45, 7) is 8.61. The number of carbonyl (C=O) groups is 3. The van der Waals surface area contributed by atoms with Gasteiger partial charge in [0.25, 0.3) is 5.91 Å². The number of epoxide rings is 1. The Morgan fingerprint density at radius 2 is 1.80 bits per heavy atom. The van der Waals surface area contributed by atoms with Crippen molar-refractivity contribution >= 4 is 17.9 Å². The van der Waals surface area contributed by atoms with Crippen LogP contribution in [0.5, 0.6) is 0 Å². The van der Waals surface area contributed by atoms with Crippen LogP contribution in [0.1, 0.15) is 40.5 Å². The van der Waals surface area contributed by atoms with E-state index in [2.05, 4.69) is 37.9 Å². The van der Waals surface area contributed by atoms with Crippen LogP contribution in [-0.2, 0) is 19.1 Å². The largest absolute Gasteiger partial charge is 0.461 e. The molecule has 25 heavy (non-hydrogen) atoms. The van der Waals surface area contributed by atoms with E-state index in [-0.39, 0.29) is 36.2 Å². The number of hydrogen-bond donors (Lipinski definition) is 1. The molecular weight excluding hydrogens is 326 g/mol. The highest BCUT2D eigenvalue weighted by molar-refractivity contribution is 6.09. The monoisotopic (exact) mass is 353 g/mol. The smallest absolute Gasteiger partial charge is 0.326 e. The second-order valence-electron chi connectivity index (χ2n) is 8.58. The van der Waals surface area contributed by atoms with Gasteiger partial charge < -0.3 is 14.8 Å². The zero-order chi connectivity index (χ0) is 18.6. The zero-order valence-electron chi connectivity index (χ0n) is 15.5. The first-order chi connectivity index (χ1) is 11.5. The molecule has 8 heteroatoms. The number of urea groups is 1. The van der Waals surface area contributed by atoms with Crippen LogP contribution >= 0.6 is 0 Å². The van der Waals surface area contributed by atoms with Gasteiger partial charge in [-0.3, -0.25) is 19.4 Å². The highest BCUT2D eigenvalue weighted by atomic mass is 16.6. The van der Waals surface area contributed by atoms with E-state index >= 15 is 0 Å². The molecule has 3 aliphatic heterocycles. The van der Waals surface area contributed by atoms with Crippen molar-refractivity contribution in [2.24, 2.45) is 0 Å². The van der Waals surface area contributed by atoms with E-state index in [4.69, 9.17) is 9.47 Å². The summed E-state index contributed by atoms with van der Waals surface area (Å²) < 4.78 is 10.0. The van der Waals surface area contributed by atoms with E-state index in [0.29, 0.717) is 19.4 Å². The molecule has 3 aliphatic rings. The molecule has 140 valence electrons. The number of ether oxygens (including phenoxy) is 2. The molecule has 3 saturated heterocycles. The molecule has 8 nitrogen and oxygen atoms in total. The van der Waals surface area contributed by atoms with Crippen molar-refractivity contribution in [2.45, 2.75) is 63.3 Å². The summed E-state index contributed by atoms with van der Waals surface area (Å²) in [4.78, 5) is 40.6. The van der Waals surface area contributed by atoms with Gasteiger partial charge in [0.2, 0.25) is 0 Å². The van der Waals surface area contributed by atoms with E-state index in [1.165, 1.54) is 0 Å². The standard InChI is InChI=1S/C17H27N3O5/c1-15(2)9-17(10-16(3,4)19(15)5)13(22)20(14(23)18-17)6-12(21)25-8-11-7-24-11/h11H,6-10H2,1-5H3,(H,18,23). The van der Waals surface area contributed by atoms with E-state index in [1.807, 2.05) is 7.05 Å². The van der Waals surface area contributed by atoms with Crippen molar-refractivity contribution in [2.75, 3.05) is 26.8 Å². The highest BCUT2D eigenvalue weighted by Gasteiger charge is 2.60. The first-order valence-corrected chi connectivity index (χ1v) is 8.62. The molecule has 0 bridgehead atoms. The molecule has 1 unspecified atom stereocenters. The van der Waals surface area contributed by atoms with Gasteiger partial charge in [-0.1, -0.05) is 0 Å². The van der Waals surface area contributed by atoms with Gasteiger partial charge in [-0.15, -0.1) is 0 Å². The van der Waals surface area contributed by atoms with E-state index < -0.39 is 17.5 Å². The van der Waals surface area contributed by atoms with Crippen molar-refractivity contribution in [1.29, 1.82) is 0 Å². The molecule has 0 aliphatic carbocycles. The van der Waals surface area contributed by atoms with Gasteiger partial charge in [0.05, 0.1) is 6.61 Å². The Labute approximate surface area is 147 Å². The Balaban J connectivity index is 1.74.